The van der Waals surface area contributed by atoms with Crippen LogP contribution in [0.15, 0.2) is 30.3 Å². The molecule has 0 amide bonds. The van der Waals surface area contributed by atoms with Gasteiger partial charge in [0.15, 0.2) is 0 Å². The minimum atomic E-state index is 0.445. The highest BCUT2D eigenvalue weighted by Crippen LogP contribution is 2.23. The molecule has 0 heterocycles. The molecule has 0 bridgehead atoms. The summed E-state index contributed by atoms with van der Waals surface area (Å²) in [5.41, 5.74) is 1.38. The fourth-order valence-electron chi connectivity index (χ4n) is 2.66. The molecule has 0 radical (unpaired) electrons. The lowest BCUT2D eigenvalue weighted by atomic mass is 9.92. The van der Waals surface area contributed by atoms with Gasteiger partial charge in [-0.15, -0.1) is 0 Å². The highest BCUT2D eigenvalue weighted by molar-refractivity contribution is 5.18. The van der Waals surface area contributed by atoms with Crippen molar-refractivity contribution in [1.29, 1.82) is 0 Å². The maximum atomic E-state index is 5.40. The molecule has 1 N–H and O–H groups in total. The standard InChI is InChI=1S/C15H23NO/c1-12(13-6-4-3-5-7-13)16-14-8-10-15(17-2)11-9-14/h3-7,12,14-16H,8-11H2,1-2H3/t12-,14?,15?/m0/s1. The Morgan fingerprint density at radius 1 is 1.12 bits per heavy atom. The van der Waals surface area contributed by atoms with E-state index < -0.39 is 0 Å². The molecule has 94 valence electrons. The SMILES string of the molecule is COC1CCC(N[C@@H](C)c2ccccc2)CC1. The van der Waals surface area contributed by atoms with Crippen molar-refractivity contribution in [2.24, 2.45) is 0 Å². The van der Waals surface area contributed by atoms with E-state index in [0.717, 1.165) is 0 Å². The smallest absolute Gasteiger partial charge is 0.0572 e. The molecule has 2 heteroatoms. The van der Waals surface area contributed by atoms with Crippen LogP contribution >= 0.6 is 0 Å². The lowest BCUT2D eigenvalue weighted by Crippen LogP contribution is -2.36. The summed E-state index contributed by atoms with van der Waals surface area (Å²) in [5.74, 6) is 0. The molecule has 0 saturated heterocycles. The van der Waals surface area contributed by atoms with Crippen LogP contribution in [0.1, 0.15) is 44.2 Å². The van der Waals surface area contributed by atoms with Crippen LogP contribution in [0, 0.1) is 0 Å². The number of ether oxygens (including phenoxy) is 1. The van der Waals surface area contributed by atoms with E-state index in [-0.39, 0.29) is 0 Å². The summed E-state index contributed by atoms with van der Waals surface area (Å²) in [6.07, 6.45) is 5.33. The van der Waals surface area contributed by atoms with Gasteiger partial charge in [-0.25, -0.2) is 0 Å². The van der Waals surface area contributed by atoms with Crippen molar-refractivity contribution in [2.75, 3.05) is 7.11 Å². The minimum Gasteiger partial charge on any atom is -0.381 e. The molecule has 2 nitrogen and oxygen atoms in total. The zero-order valence-electron chi connectivity index (χ0n) is 10.9. The third kappa shape index (κ3) is 3.55. The van der Waals surface area contributed by atoms with Crippen LogP contribution in [0.5, 0.6) is 0 Å². The number of hydrogen-bond donors (Lipinski definition) is 1. The number of rotatable bonds is 4. The van der Waals surface area contributed by atoms with Gasteiger partial charge < -0.3 is 10.1 Å². The Morgan fingerprint density at radius 3 is 2.35 bits per heavy atom. The molecular weight excluding hydrogens is 210 g/mol. The molecule has 0 aromatic heterocycles. The van der Waals surface area contributed by atoms with E-state index in [1.807, 2.05) is 7.11 Å². The molecule has 1 aromatic carbocycles. The van der Waals surface area contributed by atoms with Crippen molar-refractivity contribution in [3.05, 3.63) is 35.9 Å². The first kappa shape index (κ1) is 12.6. The molecule has 17 heavy (non-hydrogen) atoms. The Labute approximate surface area is 104 Å². The van der Waals surface area contributed by atoms with Crippen molar-refractivity contribution in [1.82, 2.24) is 5.32 Å². The quantitative estimate of drug-likeness (QED) is 0.861. The average Bonchev–Trinajstić information content (AvgIpc) is 2.40. The second-order valence-corrected chi connectivity index (χ2v) is 5.01. The molecule has 0 spiro atoms. The maximum absolute atomic E-state index is 5.40. The summed E-state index contributed by atoms with van der Waals surface area (Å²) in [5, 5.41) is 3.72. The van der Waals surface area contributed by atoms with Gasteiger partial charge in [-0.05, 0) is 38.2 Å². The van der Waals surface area contributed by atoms with Gasteiger partial charge in [-0.1, -0.05) is 30.3 Å². The van der Waals surface area contributed by atoms with Gasteiger partial charge in [0, 0.05) is 19.2 Å². The van der Waals surface area contributed by atoms with Crippen LogP contribution in [0.25, 0.3) is 0 Å². The van der Waals surface area contributed by atoms with E-state index in [1.165, 1.54) is 31.2 Å². The normalized spacial score (nSPS) is 26.7. The highest BCUT2D eigenvalue weighted by Gasteiger charge is 2.21. The Bertz CT molecular complexity index is 317. The van der Waals surface area contributed by atoms with Crippen molar-refractivity contribution in [2.45, 2.75) is 50.8 Å². The van der Waals surface area contributed by atoms with Gasteiger partial charge in [0.05, 0.1) is 6.10 Å². The van der Waals surface area contributed by atoms with Crippen LogP contribution < -0.4 is 5.32 Å². The van der Waals surface area contributed by atoms with Gasteiger partial charge in [0.2, 0.25) is 0 Å². The Hall–Kier alpha value is -0.860. The van der Waals surface area contributed by atoms with Gasteiger partial charge >= 0.3 is 0 Å². The molecule has 1 atom stereocenters. The zero-order valence-corrected chi connectivity index (χ0v) is 10.9. The predicted molar refractivity (Wildman–Crippen MR) is 71.0 cm³/mol. The van der Waals surface area contributed by atoms with Crippen LogP contribution in [0.3, 0.4) is 0 Å². The minimum absolute atomic E-state index is 0.445. The van der Waals surface area contributed by atoms with E-state index in [2.05, 4.69) is 42.6 Å². The summed E-state index contributed by atoms with van der Waals surface area (Å²) in [6.45, 7) is 2.25. The number of benzene rings is 1. The third-order valence-electron chi connectivity index (χ3n) is 3.79. The van der Waals surface area contributed by atoms with Gasteiger partial charge in [-0.2, -0.15) is 0 Å². The van der Waals surface area contributed by atoms with Crippen LogP contribution in [0.4, 0.5) is 0 Å². The van der Waals surface area contributed by atoms with Crippen molar-refractivity contribution in [3.8, 4) is 0 Å². The monoisotopic (exact) mass is 233 g/mol. The first-order chi connectivity index (χ1) is 8.29. The topological polar surface area (TPSA) is 21.3 Å². The molecule has 2 rings (SSSR count). The highest BCUT2D eigenvalue weighted by atomic mass is 16.5. The largest absolute Gasteiger partial charge is 0.381 e. The fraction of sp³-hybridized carbons (Fsp3) is 0.600. The molecule has 0 aliphatic heterocycles. The molecule has 1 aliphatic carbocycles. The molecule has 1 aliphatic rings. The lowest BCUT2D eigenvalue weighted by Gasteiger charge is -2.30. The third-order valence-corrected chi connectivity index (χ3v) is 3.79. The van der Waals surface area contributed by atoms with E-state index in [4.69, 9.17) is 4.74 Å². The Balaban J connectivity index is 1.82. The van der Waals surface area contributed by atoms with Crippen molar-refractivity contribution < 1.29 is 4.74 Å². The van der Waals surface area contributed by atoms with Gasteiger partial charge in [0.1, 0.15) is 0 Å². The second kappa shape index (κ2) is 6.18. The first-order valence-electron chi connectivity index (χ1n) is 6.63. The predicted octanol–water partition coefficient (Wildman–Crippen LogP) is 3.29. The number of hydrogen-bond acceptors (Lipinski definition) is 2. The second-order valence-electron chi connectivity index (χ2n) is 5.01. The van der Waals surface area contributed by atoms with Crippen LogP contribution in [-0.2, 0) is 4.74 Å². The summed E-state index contributed by atoms with van der Waals surface area (Å²) in [7, 11) is 1.82. The number of methoxy groups -OCH3 is 1. The molecule has 1 aromatic rings. The number of nitrogens with one attached hydrogen (secondary N) is 1. The lowest BCUT2D eigenvalue weighted by molar-refractivity contribution is 0.0614. The van der Waals surface area contributed by atoms with Gasteiger partial charge in [-0.3, -0.25) is 0 Å². The molecule has 1 saturated carbocycles. The van der Waals surface area contributed by atoms with Crippen LogP contribution in [-0.4, -0.2) is 19.3 Å². The summed E-state index contributed by atoms with van der Waals surface area (Å²) >= 11 is 0. The first-order valence-corrected chi connectivity index (χ1v) is 6.63. The van der Waals surface area contributed by atoms with Gasteiger partial charge in [0.25, 0.3) is 0 Å². The summed E-state index contributed by atoms with van der Waals surface area (Å²) < 4.78 is 5.40. The molecule has 1 fully saturated rings. The summed E-state index contributed by atoms with van der Waals surface area (Å²) in [6, 6.07) is 11.8. The maximum Gasteiger partial charge on any atom is 0.0572 e. The van der Waals surface area contributed by atoms with Crippen molar-refractivity contribution in [3.63, 3.8) is 0 Å². The zero-order chi connectivity index (χ0) is 12.1. The van der Waals surface area contributed by atoms with E-state index in [0.29, 0.717) is 18.2 Å². The van der Waals surface area contributed by atoms with E-state index >= 15 is 0 Å². The summed E-state index contributed by atoms with van der Waals surface area (Å²) in [4.78, 5) is 0. The van der Waals surface area contributed by atoms with Crippen molar-refractivity contribution >= 4 is 0 Å². The average molecular weight is 233 g/mol. The fourth-order valence-corrected chi connectivity index (χ4v) is 2.66. The van der Waals surface area contributed by atoms with E-state index in [1.54, 1.807) is 0 Å². The molecular formula is C15H23NO. The van der Waals surface area contributed by atoms with E-state index in [9.17, 15) is 0 Å². The Kier molecular flexibility index (Phi) is 4.57. The molecule has 0 unspecified atom stereocenters. The van der Waals surface area contributed by atoms with Crippen LogP contribution in [0.2, 0.25) is 0 Å². The Morgan fingerprint density at radius 2 is 1.76 bits per heavy atom.